The highest BCUT2D eigenvalue weighted by atomic mass is 15.6. The Balaban J connectivity index is 1.87. The molecule has 0 radical (unpaired) electrons. The zero-order valence-electron chi connectivity index (χ0n) is 8.48. The fourth-order valence-corrected chi connectivity index (χ4v) is 3.00. The van der Waals surface area contributed by atoms with Gasteiger partial charge in [-0.25, -0.2) is 0 Å². The molecule has 0 amide bonds. The van der Waals surface area contributed by atoms with E-state index in [-0.39, 0.29) is 0 Å². The minimum atomic E-state index is 0.929. The average Bonchev–Trinajstić information content (AvgIpc) is 2.58. The number of nitrogen functional groups attached to an aromatic ring is 1. The van der Waals surface area contributed by atoms with Crippen molar-refractivity contribution in [2.75, 3.05) is 5.84 Å². The lowest BCUT2D eigenvalue weighted by Crippen LogP contribution is -2.15. The molecular weight excluding hydrogens is 176 g/mol. The second-order valence-corrected chi connectivity index (χ2v) is 4.69. The fourth-order valence-electron chi connectivity index (χ4n) is 3.00. The second-order valence-electron chi connectivity index (χ2n) is 4.69. The topological polar surface area (TPSA) is 56.7 Å². The molecule has 1 saturated carbocycles. The quantitative estimate of drug-likeness (QED) is 0.617. The monoisotopic (exact) mass is 192 g/mol. The summed E-state index contributed by atoms with van der Waals surface area (Å²) in [5, 5.41) is 8.01. The van der Waals surface area contributed by atoms with Gasteiger partial charge in [-0.3, -0.25) is 0 Å². The molecule has 4 nitrogen and oxygen atoms in total. The first kappa shape index (κ1) is 8.26. The van der Waals surface area contributed by atoms with Crippen LogP contribution in [0, 0.1) is 17.8 Å². The predicted molar refractivity (Wildman–Crippen MR) is 53.0 cm³/mol. The van der Waals surface area contributed by atoms with Gasteiger partial charge in [0.25, 0.3) is 0 Å². The Morgan fingerprint density at radius 3 is 2.79 bits per heavy atom. The van der Waals surface area contributed by atoms with Crippen LogP contribution in [-0.2, 0) is 12.8 Å². The maximum Gasteiger partial charge on any atom is 0.0881 e. The molecule has 2 N–H and O–H groups in total. The normalized spacial score (nSPS) is 35.4. The first-order chi connectivity index (χ1) is 6.77. The third-order valence-electron chi connectivity index (χ3n) is 4.06. The lowest BCUT2D eigenvalue weighted by Gasteiger charge is -2.07. The summed E-state index contributed by atoms with van der Waals surface area (Å²) in [6.45, 7) is 2.37. The van der Waals surface area contributed by atoms with Crippen molar-refractivity contribution in [1.29, 1.82) is 0 Å². The number of rotatable bonds is 0. The Labute approximate surface area is 83.4 Å². The van der Waals surface area contributed by atoms with Gasteiger partial charge < -0.3 is 5.84 Å². The van der Waals surface area contributed by atoms with Crippen LogP contribution in [0.1, 0.15) is 31.2 Å². The van der Waals surface area contributed by atoms with Gasteiger partial charge in [-0.2, -0.15) is 4.79 Å². The number of fused-ring (bicyclic) bond motifs is 2. The molecule has 2 aliphatic rings. The molecule has 2 aliphatic carbocycles. The van der Waals surface area contributed by atoms with Gasteiger partial charge >= 0.3 is 0 Å². The average molecular weight is 192 g/mol. The Kier molecular flexibility index (Phi) is 1.60. The predicted octanol–water partition coefficient (Wildman–Crippen LogP) is 0.753. The molecule has 1 fully saturated rings. The van der Waals surface area contributed by atoms with E-state index in [1.165, 1.54) is 17.6 Å². The van der Waals surface area contributed by atoms with Crippen LogP contribution >= 0.6 is 0 Å². The first-order valence-electron chi connectivity index (χ1n) is 5.46. The third-order valence-corrected chi connectivity index (χ3v) is 4.06. The lowest BCUT2D eigenvalue weighted by molar-refractivity contribution is 0.571. The number of hydrogen-bond donors (Lipinski definition) is 1. The van der Waals surface area contributed by atoms with E-state index in [9.17, 15) is 0 Å². The van der Waals surface area contributed by atoms with E-state index >= 15 is 0 Å². The lowest BCUT2D eigenvalue weighted by atomic mass is 10.0. The first-order valence-corrected chi connectivity index (χ1v) is 5.46. The zero-order chi connectivity index (χ0) is 9.71. The van der Waals surface area contributed by atoms with Gasteiger partial charge in [-0.05, 0) is 48.7 Å². The van der Waals surface area contributed by atoms with Crippen molar-refractivity contribution in [2.24, 2.45) is 17.8 Å². The second kappa shape index (κ2) is 2.72. The van der Waals surface area contributed by atoms with Gasteiger partial charge in [0.2, 0.25) is 0 Å². The molecule has 0 aliphatic heterocycles. The van der Waals surface area contributed by atoms with Crippen molar-refractivity contribution in [3.05, 3.63) is 11.4 Å². The number of aryl methyl sites for hydroxylation is 1. The molecule has 3 rings (SSSR count). The summed E-state index contributed by atoms with van der Waals surface area (Å²) >= 11 is 0. The Hall–Kier alpha value is -1.06. The SMILES string of the molecule is CC1[C@H]2CCc3nnn(N)c3CC[C@@H]12. The van der Waals surface area contributed by atoms with Crippen molar-refractivity contribution >= 4 is 0 Å². The Morgan fingerprint density at radius 1 is 1.29 bits per heavy atom. The number of hydrogen-bond acceptors (Lipinski definition) is 3. The molecule has 0 aromatic carbocycles. The maximum absolute atomic E-state index is 5.72. The number of aromatic nitrogens is 3. The Bertz CT molecular complexity index is 357. The van der Waals surface area contributed by atoms with Crippen LogP contribution in [-0.4, -0.2) is 15.1 Å². The van der Waals surface area contributed by atoms with Gasteiger partial charge in [0.1, 0.15) is 0 Å². The van der Waals surface area contributed by atoms with Gasteiger partial charge in [0.15, 0.2) is 0 Å². The summed E-state index contributed by atoms with van der Waals surface area (Å²) < 4.78 is 0. The summed E-state index contributed by atoms with van der Waals surface area (Å²) in [7, 11) is 0. The van der Waals surface area contributed by atoms with E-state index in [0.29, 0.717) is 0 Å². The summed E-state index contributed by atoms with van der Waals surface area (Å²) in [5.41, 5.74) is 2.28. The van der Waals surface area contributed by atoms with Gasteiger partial charge in [0, 0.05) is 0 Å². The molecular formula is C10H16N4. The molecule has 0 spiro atoms. The maximum atomic E-state index is 5.72. The van der Waals surface area contributed by atoms with Crippen LogP contribution in [0.25, 0.3) is 0 Å². The van der Waals surface area contributed by atoms with Crippen LogP contribution in [0.2, 0.25) is 0 Å². The Morgan fingerprint density at radius 2 is 2.00 bits per heavy atom. The van der Waals surface area contributed by atoms with E-state index in [2.05, 4.69) is 17.2 Å². The van der Waals surface area contributed by atoms with Crippen molar-refractivity contribution in [3.8, 4) is 0 Å². The summed E-state index contributed by atoms with van der Waals surface area (Å²) in [6, 6.07) is 0. The van der Waals surface area contributed by atoms with Gasteiger partial charge in [0.05, 0.1) is 11.4 Å². The van der Waals surface area contributed by atoms with Crippen LogP contribution in [0.15, 0.2) is 0 Å². The van der Waals surface area contributed by atoms with E-state index < -0.39 is 0 Å². The highest BCUT2D eigenvalue weighted by molar-refractivity contribution is 5.14. The van der Waals surface area contributed by atoms with Crippen LogP contribution < -0.4 is 5.84 Å². The molecule has 1 aromatic rings. The molecule has 1 heterocycles. The van der Waals surface area contributed by atoms with Crippen LogP contribution in [0.4, 0.5) is 0 Å². The fraction of sp³-hybridized carbons (Fsp3) is 0.800. The highest BCUT2D eigenvalue weighted by Crippen LogP contribution is 2.52. The minimum Gasteiger partial charge on any atom is -0.322 e. The van der Waals surface area contributed by atoms with Gasteiger partial charge in [-0.1, -0.05) is 6.92 Å². The molecule has 14 heavy (non-hydrogen) atoms. The molecule has 76 valence electrons. The number of nitrogens with zero attached hydrogens (tertiary/aromatic N) is 3. The van der Waals surface area contributed by atoms with Crippen molar-refractivity contribution in [3.63, 3.8) is 0 Å². The molecule has 0 saturated heterocycles. The largest absolute Gasteiger partial charge is 0.322 e. The van der Waals surface area contributed by atoms with E-state index in [0.717, 1.165) is 42.0 Å². The summed E-state index contributed by atoms with van der Waals surface area (Å²) in [6.07, 6.45) is 4.67. The highest BCUT2D eigenvalue weighted by Gasteiger charge is 2.46. The van der Waals surface area contributed by atoms with Gasteiger partial charge in [-0.15, -0.1) is 5.10 Å². The molecule has 3 atom stereocenters. The van der Waals surface area contributed by atoms with Crippen molar-refractivity contribution in [1.82, 2.24) is 15.1 Å². The van der Waals surface area contributed by atoms with E-state index in [1.807, 2.05) is 0 Å². The van der Waals surface area contributed by atoms with E-state index in [4.69, 9.17) is 5.84 Å². The zero-order valence-corrected chi connectivity index (χ0v) is 8.48. The van der Waals surface area contributed by atoms with Crippen LogP contribution in [0.5, 0.6) is 0 Å². The number of nitrogens with two attached hydrogens (primary N) is 1. The van der Waals surface area contributed by atoms with Crippen molar-refractivity contribution in [2.45, 2.75) is 32.6 Å². The smallest absolute Gasteiger partial charge is 0.0881 e. The molecule has 1 aromatic heterocycles. The molecule has 1 unspecified atom stereocenters. The molecule has 4 heteroatoms. The van der Waals surface area contributed by atoms with Crippen LogP contribution in [0.3, 0.4) is 0 Å². The summed E-state index contributed by atoms with van der Waals surface area (Å²) in [4.78, 5) is 1.46. The standard InChI is InChI=1S/C10H16N4/c1-6-7-2-4-9-10(5-3-8(6)7)14(11)13-12-9/h6-8H,2-5,11H2,1H3/t6?,7-,8+/m1/s1. The van der Waals surface area contributed by atoms with Crippen molar-refractivity contribution < 1.29 is 0 Å². The molecule has 0 bridgehead atoms. The minimum absolute atomic E-state index is 0.929. The summed E-state index contributed by atoms with van der Waals surface area (Å²) in [5.74, 6) is 8.54. The third kappa shape index (κ3) is 1.06. The van der Waals surface area contributed by atoms with E-state index in [1.54, 1.807) is 0 Å².